The van der Waals surface area contributed by atoms with E-state index in [4.69, 9.17) is 4.74 Å². The number of aryl methyl sites for hydroxylation is 1. The summed E-state index contributed by atoms with van der Waals surface area (Å²) in [7, 11) is 0. The maximum atomic E-state index is 14.1. The molecule has 2 N–H and O–H groups in total. The molecule has 0 radical (unpaired) electrons. The van der Waals surface area contributed by atoms with Gasteiger partial charge in [0, 0.05) is 12.6 Å². The molecule has 0 aliphatic rings. The SMILES string of the molecule is CCCCCN(C(=O)C(NC(=O)OC(C)(C)C)C(C)CC)C(C(=O)NC(C)C)c1ccccc1C. The van der Waals surface area contributed by atoms with Crippen LogP contribution in [0.5, 0.6) is 0 Å². The van der Waals surface area contributed by atoms with E-state index in [0.717, 1.165) is 30.4 Å². The summed E-state index contributed by atoms with van der Waals surface area (Å²) in [6.45, 7) is 17.5. The van der Waals surface area contributed by atoms with E-state index < -0.39 is 23.8 Å². The highest BCUT2D eigenvalue weighted by Gasteiger charge is 2.38. The molecule has 1 aromatic rings. The first-order chi connectivity index (χ1) is 16.3. The first-order valence-corrected chi connectivity index (χ1v) is 13.0. The van der Waals surface area contributed by atoms with Gasteiger partial charge in [0.05, 0.1) is 0 Å². The first-order valence-electron chi connectivity index (χ1n) is 13.0. The molecule has 0 spiro atoms. The molecular weight excluding hydrogens is 442 g/mol. The molecule has 0 heterocycles. The number of hydrogen-bond donors (Lipinski definition) is 2. The minimum Gasteiger partial charge on any atom is -0.444 e. The summed E-state index contributed by atoms with van der Waals surface area (Å²) in [6, 6.07) is 5.98. The van der Waals surface area contributed by atoms with E-state index in [2.05, 4.69) is 17.6 Å². The van der Waals surface area contributed by atoms with Crippen molar-refractivity contribution in [2.45, 2.75) is 112 Å². The number of unbranched alkanes of at least 4 members (excludes halogenated alkanes) is 2. The van der Waals surface area contributed by atoms with Crippen molar-refractivity contribution in [2.75, 3.05) is 6.54 Å². The fourth-order valence-electron chi connectivity index (χ4n) is 3.90. The van der Waals surface area contributed by atoms with Crippen molar-refractivity contribution >= 4 is 17.9 Å². The third-order valence-electron chi connectivity index (χ3n) is 5.91. The first kappa shape index (κ1) is 30.5. The van der Waals surface area contributed by atoms with Gasteiger partial charge in [-0.25, -0.2) is 4.79 Å². The zero-order valence-corrected chi connectivity index (χ0v) is 23.2. The van der Waals surface area contributed by atoms with E-state index in [1.54, 1.807) is 25.7 Å². The molecule has 1 aromatic carbocycles. The summed E-state index contributed by atoms with van der Waals surface area (Å²) >= 11 is 0. The molecule has 198 valence electrons. The zero-order valence-electron chi connectivity index (χ0n) is 23.2. The number of nitrogens with one attached hydrogen (secondary N) is 2. The predicted molar refractivity (Wildman–Crippen MR) is 141 cm³/mol. The van der Waals surface area contributed by atoms with Crippen LogP contribution < -0.4 is 10.6 Å². The second-order valence-electron chi connectivity index (χ2n) is 10.7. The molecular formula is C28H47N3O4. The normalized spacial score (nSPS) is 14.1. The highest BCUT2D eigenvalue weighted by atomic mass is 16.6. The third-order valence-corrected chi connectivity index (χ3v) is 5.91. The van der Waals surface area contributed by atoms with Gasteiger partial charge in [-0.05, 0) is 65.0 Å². The number of nitrogens with zero attached hydrogens (tertiary/aromatic N) is 1. The summed E-state index contributed by atoms with van der Waals surface area (Å²) in [4.78, 5) is 42.0. The summed E-state index contributed by atoms with van der Waals surface area (Å²) in [5.74, 6) is -0.637. The Morgan fingerprint density at radius 3 is 2.14 bits per heavy atom. The average Bonchev–Trinajstić information content (AvgIpc) is 2.75. The van der Waals surface area contributed by atoms with Crippen LogP contribution in [0.2, 0.25) is 0 Å². The Bertz CT molecular complexity index is 832. The number of rotatable bonds is 12. The van der Waals surface area contributed by atoms with Gasteiger partial charge in [-0.3, -0.25) is 9.59 Å². The maximum Gasteiger partial charge on any atom is 0.408 e. The number of hydrogen-bond acceptors (Lipinski definition) is 4. The van der Waals surface area contributed by atoms with E-state index in [0.29, 0.717) is 13.0 Å². The summed E-state index contributed by atoms with van der Waals surface area (Å²) in [5.41, 5.74) is 1.04. The molecule has 0 aliphatic carbocycles. The Balaban J connectivity index is 3.51. The molecule has 0 aromatic heterocycles. The van der Waals surface area contributed by atoms with Gasteiger partial charge in [0.2, 0.25) is 11.8 Å². The summed E-state index contributed by atoms with van der Waals surface area (Å²) < 4.78 is 5.46. The van der Waals surface area contributed by atoms with Crippen LogP contribution in [-0.4, -0.2) is 47.0 Å². The number of amides is 3. The van der Waals surface area contributed by atoms with Gasteiger partial charge in [0.15, 0.2) is 0 Å². The van der Waals surface area contributed by atoms with Gasteiger partial charge in [0.25, 0.3) is 0 Å². The van der Waals surface area contributed by atoms with Gasteiger partial charge in [-0.15, -0.1) is 0 Å². The van der Waals surface area contributed by atoms with Gasteiger partial charge in [0.1, 0.15) is 17.7 Å². The molecule has 1 rings (SSSR count). The van der Waals surface area contributed by atoms with Crippen LogP contribution in [0.4, 0.5) is 4.79 Å². The number of carbonyl (C=O) groups is 3. The lowest BCUT2D eigenvalue weighted by molar-refractivity contribution is -0.143. The molecule has 0 saturated carbocycles. The van der Waals surface area contributed by atoms with Gasteiger partial charge < -0.3 is 20.3 Å². The predicted octanol–water partition coefficient (Wildman–Crippen LogP) is 5.52. The lowest BCUT2D eigenvalue weighted by Crippen LogP contribution is -2.55. The quantitative estimate of drug-likeness (QED) is 0.379. The van der Waals surface area contributed by atoms with Crippen molar-refractivity contribution in [1.82, 2.24) is 15.5 Å². The monoisotopic (exact) mass is 489 g/mol. The van der Waals surface area contributed by atoms with E-state index in [9.17, 15) is 14.4 Å². The van der Waals surface area contributed by atoms with Crippen molar-refractivity contribution in [1.29, 1.82) is 0 Å². The van der Waals surface area contributed by atoms with Crippen molar-refractivity contribution in [2.24, 2.45) is 5.92 Å². The molecule has 7 nitrogen and oxygen atoms in total. The maximum absolute atomic E-state index is 14.1. The largest absolute Gasteiger partial charge is 0.444 e. The summed E-state index contributed by atoms with van der Waals surface area (Å²) in [5, 5.41) is 5.81. The fourth-order valence-corrected chi connectivity index (χ4v) is 3.90. The third kappa shape index (κ3) is 9.90. The Morgan fingerprint density at radius 2 is 1.63 bits per heavy atom. The Kier molecular flexibility index (Phi) is 12.3. The molecule has 35 heavy (non-hydrogen) atoms. The number of benzene rings is 1. The van der Waals surface area contributed by atoms with E-state index in [-0.39, 0.29) is 23.8 Å². The number of alkyl carbamates (subject to hydrolysis) is 1. The second kappa shape index (κ2) is 14.1. The van der Waals surface area contributed by atoms with Crippen LogP contribution >= 0.6 is 0 Å². The van der Waals surface area contributed by atoms with Crippen molar-refractivity contribution in [3.05, 3.63) is 35.4 Å². The van der Waals surface area contributed by atoms with Gasteiger partial charge in [-0.1, -0.05) is 64.3 Å². The number of ether oxygens (including phenoxy) is 1. The van der Waals surface area contributed by atoms with Crippen molar-refractivity contribution < 1.29 is 19.1 Å². The highest BCUT2D eigenvalue weighted by Crippen LogP contribution is 2.27. The average molecular weight is 490 g/mol. The molecule has 0 bridgehead atoms. The lowest BCUT2D eigenvalue weighted by atomic mass is 9.94. The standard InChI is InChI=1S/C28H47N3O4/c1-10-12-15-18-31(24(25(32)29-19(3)4)22-17-14-13-16-21(22)6)26(33)23(20(5)11-2)30-27(34)35-28(7,8)9/h13-14,16-17,19-20,23-24H,10-12,15,18H2,1-9H3,(H,29,32)(H,30,34). The van der Waals surface area contributed by atoms with Crippen LogP contribution in [0.15, 0.2) is 24.3 Å². The molecule has 3 unspecified atom stereocenters. The van der Waals surface area contributed by atoms with Crippen LogP contribution in [0.25, 0.3) is 0 Å². The Labute approximate surface area is 212 Å². The van der Waals surface area contributed by atoms with Gasteiger partial charge in [-0.2, -0.15) is 0 Å². The van der Waals surface area contributed by atoms with Crippen LogP contribution in [0, 0.1) is 12.8 Å². The number of carbonyl (C=O) groups excluding carboxylic acids is 3. The zero-order chi connectivity index (χ0) is 26.8. The highest BCUT2D eigenvalue weighted by molar-refractivity contribution is 5.92. The smallest absolute Gasteiger partial charge is 0.408 e. The van der Waals surface area contributed by atoms with Crippen LogP contribution in [-0.2, 0) is 14.3 Å². The van der Waals surface area contributed by atoms with Crippen LogP contribution in [0.3, 0.4) is 0 Å². The molecule has 3 atom stereocenters. The van der Waals surface area contributed by atoms with E-state index in [1.807, 2.05) is 58.9 Å². The topological polar surface area (TPSA) is 87.7 Å². The van der Waals surface area contributed by atoms with Gasteiger partial charge >= 0.3 is 6.09 Å². The fraction of sp³-hybridized carbons (Fsp3) is 0.679. The molecule has 0 aliphatic heterocycles. The minimum absolute atomic E-state index is 0.0770. The summed E-state index contributed by atoms with van der Waals surface area (Å²) in [6.07, 6.45) is 2.73. The lowest BCUT2D eigenvalue weighted by Gasteiger charge is -2.37. The van der Waals surface area contributed by atoms with Crippen molar-refractivity contribution in [3.8, 4) is 0 Å². The van der Waals surface area contributed by atoms with E-state index >= 15 is 0 Å². The molecule has 7 heteroatoms. The minimum atomic E-state index is -0.810. The second-order valence-corrected chi connectivity index (χ2v) is 10.7. The Hall–Kier alpha value is -2.57. The molecule has 0 saturated heterocycles. The van der Waals surface area contributed by atoms with Crippen molar-refractivity contribution in [3.63, 3.8) is 0 Å². The molecule has 0 fully saturated rings. The Morgan fingerprint density at radius 1 is 1.00 bits per heavy atom. The molecule has 3 amide bonds. The van der Waals surface area contributed by atoms with Crippen LogP contribution in [0.1, 0.15) is 98.2 Å². The van der Waals surface area contributed by atoms with E-state index in [1.165, 1.54) is 0 Å².